The standard InChI is InChI=1S/C15H20N2O3S/c1-10-8-11(2)13(12(9-10)14(18)19)16-15(20)17-4-3-6-21-7-5-17/h8-9H,3-7H2,1-2H3,(H,16,20)(H,18,19). The Kier molecular flexibility index (Phi) is 5.12. The molecule has 1 fully saturated rings. The summed E-state index contributed by atoms with van der Waals surface area (Å²) in [5.74, 6) is 0.961. The van der Waals surface area contributed by atoms with Crippen LogP contribution in [0.5, 0.6) is 0 Å². The maximum atomic E-state index is 12.3. The number of carbonyl (C=O) groups excluding carboxylic acids is 1. The van der Waals surface area contributed by atoms with Gasteiger partial charge in [0.2, 0.25) is 0 Å². The zero-order valence-corrected chi connectivity index (χ0v) is 13.1. The van der Waals surface area contributed by atoms with Crippen molar-refractivity contribution in [1.29, 1.82) is 0 Å². The Balaban J connectivity index is 2.22. The third-order valence-corrected chi connectivity index (χ3v) is 4.50. The van der Waals surface area contributed by atoms with E-state index < -0.39 is 5.97 Å². The van der Waals surface area contributed by atoms with Gasteiger partial charge in [0.25, 0.3) is 0 Å². The maximum Gasteiger partial charge on any atom is 0.337 e. The quantitative estimate of drug-likeness (QED) is 0.881. The van der Waals surface area contributed by atoms with Crippen molar-refractivity contribution in [3.05, 3.63) is 28.8 Å². The number of hydrogen-bond acceptors (Lipinski definition) is 3. The minimum Gasteiger partial charge on any atom is -0.478 e. The zero-order valence-electron chi connectivity index (χ0n) is 12.3. The lowest BCUT2D eigenvalue weighted by atomic mass is 10.0. The SMILES string of the molecule is Cc1cc(C)c(NC(=O)N2CCCSCC2)c(C(=O)O)c1. The van der Waals surface area contributed by atoms with E-state index in [1.54, 1.807) is 11.0 Å². The van der Waals surface area contributed by atoms with Crippen LogP contribution >= 0.6 is 11.8 Å². The Labute approximate surface area is 128 Å². The molecule has 1 aliphatic heterocycles. The van der Waals surface area contributed by atoms with Gasteiger partial charge in [0.1, 0.15) is 0 Å². The van der Waals surface area contributed by atoms with Crippen LogP contribution < -0.4 is 5.32 Å². The maximum absolute atomic E-state index is 12.3. The lowest BCUT2D eigenvalue weighted by Crippen LogP contribution is -2.37. The van der Waals surface area contributed by atoms with Crippen LogP contribution in [0, 0.1) is 13.8 Å². The molecule has 114 valence electrons. The van der Waals surface area contributed by atoms with Gasteiger partial charge < -0.3 is 15.3 Å². The van der Waals surface area contributed by atoms with Crippen molar-refractivity contribution in [2.45, 2.75) is 20.3 Å². The van der Waals surface area contributed by atoms with Gasteiger partial charge in [-0.25, -0.2) is 9.59 Å². The first-order chi connectivity index (χ1) is 9.99. The van der Waals surface area contributed by atoms with Crippen molar-refractivity contribution in [2.75, 3.05) is 29.9 Å². The predicted molar refractivity (Wildman–Crippen MR) is 85.4 cm³/mol. The van der Waals surface area contributed by atoms with Crippen LogP contribution in [0.4, 0.5) is 10.5 Å². The van der Waals surface area contributed by atoms with Crippen LogP contribution in [0.2, 0.25) is 0 Å². The van der Waals surface area contributed by atoms with E-state index >= 15 is 0 Å². The predicted octanol–water partition coefficient (Wildman–Crippen LogP) is 2.97. The summed E-state index contributed by atoms with van der Waals surface area (Å²) in [4.78, 5) is 25.5. The normalized spacial score (nSPS) is 15.4. The summed E-state index contributed by atoms with van der Waals surface area (Å²) in [5.41, 5.74) is 2.18. The minimum absolute atomic E-state index is 0.144. The fourth-order valence-corrected chi connectivity index (χ4v) is 3.32. The molecule has 21 heavy (non-hydrogen) atoms. The van der Waals surface area contributed by atoms with Gasteiger partial charge in [-0.05, 0) is 43.2 Å². The van der Waals surface area contributed by atoms with E-state index in [9.17, 15) is 14.7 Å². The lowest BCUT2D eigenvalue weighted by molar-refractivity contribution is 0.0698. The van der Waals surface area contributed by atoms with E-state index in [4.69, 9.17) is 0 Å². The molecule has 0 spiro atoms. The summed E-state index contributed by atoms with van der Waals surface area (Å²) >= 11 is 1.84. The molecule has 2 N–H and O–H groups in total. The number of aryl methyl sites for hydroxylation is 2. The fourth-order valence-electron chi connectivity index (χ4n) is 2.44. The number of aromatic carboxylic acids is 1. The van der Waals surface area contributed by atoms with E-state index in [1.165, 1.54) is 0 Å². The molecule has 0 unspecified atom stereocenters. The van der Waals surface area contributed by atoms with E-state index in [0.29, 0.717) is 18.8 Å². The molecule has 1 aliphatic rings. The van der Waals surface area contributed by atoms with Gasteiger partial charge >= 0.3 is 12.0 Å². The highest BCUT2D eigenvalue weighted by Gasteiger charge is 2.20. The Morgan fingerprint density at radius 1 is 1.24 bits per heavy atom. The van der Waals surface area contributed by atoms with Crippen molar-refractivity contribution in [3.63, 3.8) is 0 Å². The number of nitrogens with one attached hydrogen (secondary N) is 1. The van der Waals surface area contributed by atoms with Gasteiger partial charge in [0, 0.05) is 18.8 Å². The topological polar surface area (TPSA) is 69.6 Å². The summed E-state index contributed by atoms with van der Waals surface area (Å²) < 4.78 is 0. The molecular formula is C15H20N2O3S. The molecule has 0 atom stereocenters. The van der Waals surface area contributed by atoms with Crippen LogP contribution in [0.3, 0.4) is 0 Å². The number of nitrogens with zero attached hydrogens (tertiary/aromatic N) is 1. The van der Waals surface area contributed by atoms with E-state index in [1.807, 2.05) is 31.7 Å². The van der Waals surface area contributed by atoms with Crippen LogP contribution in [0.1, 0.15) is 27.9 Å². The molecule has 1 aromatic rings. The molecule has 0 bridgehead atoms. The molecule has 2 rings (SSSR count). The second kappa shape index (κ2) is 6.85. The lowest BCUT2D eigenvalue weighted by Gasteiger charge is -2.22. The number of urea groups is 1. The summed E-state index contributed by atoms with van der Waals surface area (Å²) in [6.07, 6.45) is 0.969. The van der Waals surface area contributed by atoms with Gasteiger partial charge in [-0.1, -0.05) is 6.07 Å². The van der Waals surface area contributed by atoms with Crippen LogP contribution in [-0.4, -0.2) is 46.6 Å². The Morgan fingerprint density at radius 2 is 2.00 bits per heavy atom. The highest BCUT2D eigenvalue weighted by Crippen LogP contribution is 2.23. The number of amides is 2. The fraction of sp³-hybridized carbons (Fsp3) is 0.467. The van der Waals surface area contributed by atoms with Crippen molar-refractivity contribution < 1.29 is 14.7 Å². The largest absolute Gasteiger partial charge is 0.478 e. The number of rotatable bonds is 2. The van der Waals surface area contributed by atoms with Gasteiger partial charge in [-0.3, -0.25) is 0 Å². The van der Waals surface area contributed by atoms with Crippen LogP contribution in [-0.2, 0) is 0 Å². The third kappa shape index (κ3) is 3.91. The Hall–Kier alpha value is -1.69. The number of carboxylic acids is 1. The molecule has 0 radical (unpaired) electrons. The van der Waals surface area contributed by atoms with Crippen molar-refractivity contribution in [2.24, 2.45) is 0 Å². The number of thioether (sulfide) groups is 1. The van der Waals surface area contributed by atoms with Gasteiger partial charge in [-0.15, -0.1) is 0 Å². The summed E-state index contributed by atoms with van der Waals surface area (Å²) in [7, 11) is 0. The second-order valence-corrected chi connectivity index (χ2v) is 6.42. The highest BCUT2D eigenvalue weighted by molar-refractivity contribution is 7.99. The van der Waals surface area contributed by atoms with Gasteiger partial charge in [0.05, 0.1) is 11.3 Å². The van der Waals surface area contributed by atoms with E-state index in [-0.39, 0.29) is 11.6 Å². The number of hydrogen-bond donors (Lipinski definition) is 2. The van der Waals surface area contributed by atoms with Crippen LogP contribution in [0.25, 0.3) is 0 Å². The molecule has 2 amide bonds. The second-order valence-electron chi connectivity index (χ2n) is 5.19. The molecular weight excluding hydrogens is 288 g/mol. The molecule has 1 heterocycles. The monoisotopic (exact) mass is 308 g/mol. The molecule has 0 saturated carbocycles. The smallest absolute Gasteiger partial charge is 0.337 e. The minimum atomic E-state index is -1.02. The number of benzene rings is 1. The Morgan fingerprint density at radius 3 is 2.71 bits per heavy atom. The average Bonchev–Trinajstić information content (AvgIpc) is 2.70. The van der Waals surface area contributed by atoms with Crippen LogP contribution in [0.15, 0.2) is 12.1 Å². The number of carbonyl (C=O) groups is 2. The molecule has 6 heteroatoms. The summed E-state index contributed by atoms with van der Waals surface area (Å²) in [5, 5.41) is 12.1. The first-order valence-corrected chi connectivity index (χ1v) is 8.12. The molecule has 0 aliphatic carbocycles. The first kappa shape index (κ1) is 15.7. The third-order valence-electron chi connectivity index (χ3n) is 3.45. The zero-order chi connectivity index (χ0) is 15.4. The first-order valence-electron chi connectivity index (χ1n) is 6.97. The molecule has 1 aromatic carbocycles. The van der Waals surface area contributed by atoms with Crippen molar-refractivity contribution >= 4 is 29.4 Å². The van der Waals surface area contributed by atoms with Crippen molar-refractivity contribution in [3.8, 4) is 0 Å². The van der Waals surface area contributed by atoms with E-state index in [0.717, 1.165) is 29.1 Å². The summed E-state index contributed by atoms with van der Waals surface area (Å²) in [6, 6.07) is 3.25. The van der Waals surface area contributed by atoms with Crippen molar-refractivity contribution in [1.82, 2.24) is 4.90 Å². The molecule has 5 nitrogen and oxygen atoms in total. The number of anilines is 1. The van der Waals surface area contributed by atoms with E-state index in [2.05, 4.69) is 5.32 Å². The van der Waals surface area contributed by atoms with Gasteiger partial charge in [-0.2, -0.15) is 11.8 Å². The van der Waals surface area contributed by atoms with Gasteiger partial charge in [0.15, 0.2) is 0 Å². The molecule has 0 aromatic heterocycles. The average molecular weight is 308 g/mol. The molecule has 1 saturated heterocycles. The summed E-state index contributed by atoms with van der Waals surface area (Å²) in [6.45, 7) is 5.07. The number of carboxylic acid groups (broad SMARTS) is 1. The Bertz CT molecular complexity index is 552. The highest BCUT2D eigenvalue weighted by atomic mass is 32.2.